The SMILES string of the molecule is CCOc1c(C(=O)O)nc(F)c(F)c1F.CCOc1c(C(=O)O)nc(F)c(F)c1F.[Zn]. The van der Waals surface area contributed by atoms with Crippen molar-refractivity contribution in [1.29, 1.82) is 0 Å². The van der Waals surface area contributed by atoms with Gasteiger partial charge >= 0.3 is 11.9 Å². The summed E-state index contributed by atoms with van der Waals surface area (Å²) >= 11 is 0. The van der Waals surface area contributed by atoms with E-state index in [1.807, 2.05) is 0 Å². The number of ether oxygens (including phenoxy) is 2. The molecule has 2 aromatic rings. The van der Waals surface area contributed by atoms with Gasteiger partial charge in [0.15, 0.2) is 22.9 Å². The molecule has 2 N–H and O–H groups in total. The zero-order valence-electron chi connectivity index (χ0n) is 15.8. The average molecular weight is 508 g/mol. The van der Waals surface area contributed by atoms with Gasteiger partial charge in [0.2, 0.25) is 23.3 Å². The van der Waals surface area contributed by atoms with Gasteiger partial charge in [-0.2, -0.15) is 26.3 Å². The summed E-state index contributed by atoms with van der Waals surface area (Å²) in [7, 11) is 0. The van der Waals surface area contributed by atoms with E-state index in [1.165, 1.54) is 13.8 Å². The maximum Gasteiger partial charge on any atom is 0.358 e. The molecule has 0 saturated carbocycles. The van der Waals surface area contributed by atoms with E-state index >= 15 is 0 Å². The summed E-state index contributed by atoms with van der Waals surface area (Å²) in [6.07, 6.45) is 0. The van der Waals surface area contributed by atoms with Crippen LogP contribution in [0.15, 0.2) is 0 Å². The number of carboxylic acids is 2. The van der Waals surface area contributed by atoms with Crippen molar-refractivity contribution < 1.29 is 75.1 Å². The third kappa shape index (κ3) is 6.51. The summed E-state index contributed by atoms with van der Waals surface area (Å²) in [6.45, 7) is 2.69. The molecule has 0 radical (unpaired) electrons. The summed E-state index contributed by atoms with van der Waals surface area (Å²) < 4.78 is 85.6. The van der Waals surface area contributed by atoms with Crippen LogP contribution in [-0.4, -0.2) is 45.3 Å². The smallest absolute Gasteiger partial charge is 0.358 e. The first-order chi connectivity index (χ1) is 14.0. The molecule has 0 aliphatic heterocycles. The fraction of sp³-hybridized carbons (Fsp3) is 0.250. The predicted molar refractivity (Wildman–Crippen MR) is 84.5 cm³/mol. The second-order valence-corrected chi connectivity index (χ2v) is 4.89. The second-order valence-electron chi connectivity index (χ2n) is 4.89. The second kappa shape index (κ2) is 12.0. The van der Waals surface area contributed by atoms with Gasteiger partial charge in [0, 0.05) is 19.5 Å². The molecule has 15 heteroatoms. The Morgan fingerprint density at radius 1 is 0.710 bits per heavy atom. The zero-order valence-corrected chi connectivity index (χ0v) is 18.8. The Morgan fingerprint density at radius 3 is 1.23 bits per heavy atom. The van der Waals surface area contributed by atoms with Crippen LogP contribution in [-0.2, 0) is 19.5 Å². The topological polar surface area (TPSA) is 119 Å². The van der Waals surface area contributed by atoms with Gasteiger partial charge in [-0.15, -0.1) is 0 Å². The molecule has 0 unspecified atom stereocenters. The summed E-state index contributed by atoms with van der Waals surface area (Å²) in [5, 5.41) is 17.1. The number of aromatic nitrogens is 2. The van der Waals surface area contributed by atoms with Crippen molar-refractivity contribution in [2.45, 2.75) is 13.8 Å². The Bertz CT molecular complexity index is 901. The van der Waals surface area contributed by atoms with Crippen LogP contribution in [0, 0.1) is 35.2 Å². The molecule has 0 amide bonds. The first-order valence-corrected chi connectivity index (χ1v) is 7.78. The number of nitrogens with zero attached hydrogens (tertiary/aromatic N) is 2. The normalized spacial score (nSPS) is 9.81. The predicted octanol–water partition coefficient (Wildman–Crippen LogP) is 3.19. The van der Waals surface area contributed by atoms with Gasteiger partial charge in [-0.1, -0.05) is 0 Å². The standard InChI is InChI=1S/2C8H6F3NO3.Zn/c2*1-2-15-6-3(9)4(10)7(11)12-5(6)8(13)14;/h2*2H2,1H3,(H,13,14);. The van der Waals surface area contributed by atoms with Crippen LogP contribution in [0.25, 0.3) is 0 Å². The Kier molecular flexibility index (Phi) is 10.9. The Hall–Kier alpha value is -2.96. The molecule has 31 heavy (non-hydrogen) atoms. The number of halogens is 6. The van der Waals surface area contributed by atoms with Crippen LogP contribution in [0.3, 0.4) is 0 Å². The monoisotopic (exact) mass is 506 g/mol. The van der Waals surface area contributed by atoms with Gasteiger partial charge in [-0.3, -0.25) is 0 Å². The van der Waals surface area contributed by atoms with Gasteiger partial charge in [0.1, 0.15) is 0 Å². The van der Waals surface area contributed by atoms with Gasteiger partial charge in [0.05, 0.1) is 13.2 Å². The van der Waals surface area contributed by atoms with Crippen molar-refractivity contribution in [2.75, 3.05) is 13.2 Å². The maximum atomic E-state index is 13.0. The minimum absolute atomic E-state index is 0. The van der Waals surface area contributed by atoms with E-state index < -0.39 is 70.0 Å². The van der Waals surface area contributed by atoms with E-state index in [-0.39, 0.29) is 32.7 Å². The molecule has 0 spiro atoms. The van der Waals surface area contributed by atoms with Gasteiger partial charge in [-0.05, 0) is 13.8 Å². The molecular formula is C16H12F6N2O6Zn. The molecular weight excluding hydrogens is 496 g/mol. The van der Waals surface area contributed by atoms with E-state index in [0.29, 0.717) is 0 Å². The van der Waals surface area contributed by atoms with Gasteiger partial charge in [-0.25, -0.2) is 19.6 Å². The number of pyridine rings is 2. The summed E-state index contributed by atoms with van der Waals surface area (Å²) in [6, 6.07) is 0. The Morgan fingerprint density at radius 2 is 1.00 bits per heavy atom. The summed E-state index contributed by atoms with van der Waals surface area (Å²) in [5.74, 6) is -15.9. The number of hydrogen-bond acceptors (Lipinski definition) is 6. The number of carbonyl (C=O) groups is 2. The van der Waals surface area contributed by atoms with Gasteiger partial charge < -0.3 is 19.7 Å². The Balaban J connectivity index is 0.000000562. The van der Waals surface area contributed by atoms with Crippen LogP contribution < -0.4 is 9.47 Å². The summed E-state index contributed by atoms with van der Waals surface area (Å²) in [5.41, 5.74) is -1.98. The quantitative estimate of drug-likeness (QED) is 0.348. The third-order valence-corrected chi connectivity index (χ3v) is 2.98. The molecule has 8 nitrogen and oxygen atoms in total. The third-order valence-electron chi connectivity index (χ3n) is 2.98. The van der Waals surface area contributed by atoms with E-state index in [1.54, 1.807) is 0 Å². The molecule has 0 bridgehead atoms. The molecule has 0 aliphatic rings. The zero-order chi connectivity index (χ0) is 23.2. The maximum absolute atomic E-state index is 13.0. The molecule has 2 rings (SSSR count). The van der Waals surface area contributed by atoms with Crippen molar-refractivity contribution >= 4 is 11.9 Å². The molecule has 2 heterocycles. The minimum atomic E-state index is -1.86. The first kappa shape index (κ1) is 28.0. The molecule has 0 atom stereocenters. The van der Waals surface area contributed by atoms with Gasteiger partial charge in [0.25, 0.3) is 11.9 Å². The fourth-order valence-electron chi connectivity index (χ4n) is 1.83. The molecule has 166 valence electrons. The van der Waals surface area contributed by atoms with E-state index in [4.69, 9.17) is 10.2 Å². The van der Waals surface area contributed by atoms with Crippen molar-refractivity contribution in [3.05, 3.63) is 46.6 Å². The van der Waals surface area contributed by atoms with E-state index in [2.05, 4.69) is 19.4 Å². The number of aromatic carboxylic acids is 2. The Labute approximate surface area is 182 Å². The summed E-state index contributed by atoms with van der Waals surface area (Å²) in [4.78, 5) is 26.5. The van der Waals surface area contributed by atoms with Crippen LogP contribution >= 0.6 is 0 Å². The number of hydrogen-bond donors (Lipinski definition) is 2. The van der Waals surface area contributed by atoms with Crippen molar-refractivity contribution in [3.63, 3.8) is 0 Å². The van der Waals surface area contributed by atoms with Crippen LogP contribution in [0.5, 0.6) is 11.5 Å². The van der Waals surface area contributed by atoms with Crippen molar-refractivity contribution in [2.24, 2.45) is 0 Å². The van der Waals surface area contributed by atoms with Crippen LogP contribution in [0.1, 0.15) is 34.8 Å². The van der Waals surface area contributed by atoms with Crippen LogP contribution in [0.4, 0.5) is 26.3 Å². The van der Waals surface area contributed by atoms with E-state index in [9.17, 15) is 35.9 Å². The number of rotatable bonds is 6. The number of carboxylic acid groups (broad SMARTS) is 2. The van der Waals surface area contributed by atoms with Crippen molar-refractivity contribution in [1.82, 2.24) is 9.97 Å². The van der Waals surface area contributed by atoms with Crippen LogP contribution in [0.2, 0.25) is 0 Å². The molecule has 0 fully saturated rings. The van der Waals surface area contributed by atoms with Crippen molar-refractivity contribution in [3.8, 4) is 11.5 Å². The average Bonchev–Trinajstić information content (AvgIpc) is 2.68. The molecule has 0 aromatic carbocycles. The fourth-order valence-corrected chi connectivity index (χ4v) is 1.83. The minimum Gasteiger partial charge on any atom is -0.488 e. The molecule has 0 aliphatic carbocycles. The largest absolute Gasteiger partial charge is 0.488 e. The molecule has 0 saturated heterocycles. The molecule has 2 aromatic heterocycles. The van der Waals surface area contributed by atoms with E-state index in [0.717, 1.165) is 0 Å². The first-order valence-electron chi connectivity index (χ1n) is 7.78.